The number of allylic oxidation sites excluding steroid dienone is 4. The Kier molecular flexibility index (Phi) is 4.07. The van der Waals surface area contributed by atoms with Gasteiger partial charge in [-0.1, -0.05) is 0 Å². The van der Waals surface area contributed by atoms with Crippen LogP contribution in [0.25, 0.3) is 54.8 Å². The number of fused-ring (bicyclic) bond motifs is 4. The standard InChI is InChI=1S/C30H14N4O6/c35-11-1-3-17-15(9-11)23-21-13(5-7-31-23)19(27(37)29(39)25(21)33-17)20-14-6-8-32-24-16-10-12(36)2-4-18(16)34-26(22(14)24)30(40)28(20)38/h1-10,35-38H. The van der Waals surface area contributed by atoms with Crippen molar-refractivity contribution in [3.63, 3.8) is 0 Å². The van der Waals surface area contributed by atoms with Gasteiger partial charge in [0.05, 0.1) is 22.1 Å². The van der Waals surface area contributed by atoms with Crippen molar-refractivity contribution in [2.24, 2.45) is 0 Å². The van der Waals surface area contributed by atoms with Gasteiger partial charge in [-0.25, -0.2) is 9.97 Å². The minimum atomic E-state index is -0.805. The fourth-order valence-electron chi connectivity index (χ4n) is 5.74. The topological polar surface area (TPSA) is 167 Å². The van der Waals surface area contributed by atoms with Gasteiger partial charge in [0.15, 0.2) is 11.5 Å². The Hall–Kier alpha value is -5.90. The zero-order chi connectivity index (χ0) is 27.4. The quantitative estimate of drug-likeness (QED) is 0.216. The molecule has 0 amide bonds. The molecule has 0 radical (unpaired) electrons. The van der Waals surface area contributed by atoms with E-state index < -0.39 is 23.1 Å². The highest BCUT2D eigenvalue weighted by Crippen LogP contribution is 2.48. The molecule has 0 saturated heterocycles. The molecule has 0 spiro atoms. The Morgan fingerprint density at radius 3 is 1.40 bits per heavy atom. The van der Waals surface area contributed by atoms with Crippen LogP contribution in [0.3, 0.4) is 0 Å². The minimum absolute atomic E-state index is 0.0164. The van der Waals surface area contributed by atoms with E-state index in [0.717, 1.165) is 0 Å². The van der Waals surface area contributed by atoms with E-state index >= 15 is 0 Å². The maximum absolute atomic E-state index is 13.6. The van der Waals surface area contributed by atoms with Gasteiger partial charge in [0.25, 0.3) is 0 Å². The van der Waals surface area contributed by atoms with Crippen LogP contribution < -0.4 is 0 Å². The predicted molar refractivity (Wildman–Crippen MR) is 145 cm³/mol. The van der Waals surface area contributed by atoms with Gasteiger partial charge < -0.3 is 20.4 Å². The van der Waals surface area contributed by atoms with E-state index in [9.17, 15) is 30.0 Å². The Morgan fingerprint density at radius 1 is 0.550 bits per heavy atom. The molecule has 0 saturated carbocycles. The van der Waals surface area contributed by atoms with Gasteiger partial charge in [0.1, 0.15) is 22.9 Å². The first-order valence-corrected chi connectivity index (χ1v) is 12.1. The first kappa shape index (κ1) is 22.1. The monoisotopic (exact) mass is 526 g/mol. The van der Waals surface area contributed by atoms with Gasteiger partial charge >= 0.3 is 0 Å². The number of Topliss-reactive ketones (excluding diaryl/α,β-unsaturated/α-hetero) is 2. The lowest BCUT2D eigenvalue weighted by molar-refractivity contribution is 0.0966. The number of phenolic OH excluding ortho intramolecular Hbond substituents is 2. The molecular formula is C30H14N4O6. The van der Waals surface area contributed by atoms with Crippen LogP contribution in [0.2, 0.25) is 0 Å². The number of aromatic nitrogens is 4. The summed E-state index contributed by atoms with van der Waals surface area (Å²) in [5, 5.41) is 44.5. The summed E-state index contributed by atoms with van der Waals surface area (Å²) in [7, 11) is 0. The maximum Gasteiger partial charge on any atom is 0.246 e. The summed E-state index contributed by atoms with van der Waals surface area (Å²) >= 11 is 0. The van der Waals surface area contributed by atoms with Gasteiger partial charge in [-0.3, -0.25) is 19.6 Å². The third kappa shape index (κ3) is 2.66. The molecule has 190 valence electrons. The zero-order valence-corrected chi connectivity index (χ0v) is 20.2. The third-order valence-corrected chi connectivity index (χ3v) is 7.43. The molecule has 8 rings (SSSR count). The number of hydrogen-bond acceptors (Lipinski definition) is 10. The van der Waals surface area contributed by atoms with E-state index in [1.165, 1.54) is 36.7 Å². The van der Waals surface area contributed by atoms with Gasteiger partial charge in [-0.05, 0) is 59.7 Å². The summed E-state index contributed by atoms with van der Waals surface area (Å²) < 4.78 is 0. The van der Waals surface area contributed by atoms with Gasteiger partial charge in [0.2, 0.25) is 11.6 Å². The average molecular weight is 526 g/mol. The summed E-state index contributed by atoms with van der Waals surface area (Å²) in [5.74, 6) is -3.03. The molecule has 6 aromatic rings. The molecule has 4 aromatic heterocycles. The molecule has 0 unspecified atom stereocenters. The molecule has 40 heavy (non-hydrogen) atoms. The number of pyridine rings is 4. The van der Waals surface area contributed by atoms with Crippen molar-refractivity contribution in [2.75, 3.05) is 0 Å². The molecule has 0 atom stereocenters. The van der Waals surface area contributed by atoms with Crippen LogP contribution in [-0.2, 0) is 0 Å². The van der Waals surface area contributed by atoms with Crippen molar-refractivity contribution in [1.29, 1.82) is 0 Å². The molecule has 0 bridgehead atoms. The number of benzene rings is 2. The zero-order valence-electron chi connectivity index (χ0n) is 20.2. The number of aliphatic hydroxyl groups is 2. The molecule has 0 fully saturated rings. The fraction of sp³-hybridized carbons (Fsp3) is 0. The van der Waals surface area contributed by atoms with E-state index in [1.54, 1.807) is 24.3 Å². The molecule has 0 aliphatic heterocycles. The van der Waals surface area contributed by atoms with E-state index in [2.05, 4.69) is 19.9 Å². The normalized spacial score (nSPS) is 14.8. The van der Waals surface area contributed by atoms with Gasteiger partial charge in [0, 0.05) is 45.1 Å². The molecule has 4 heterocycles. The van der Waals surface area contributed by atoms with Crippen LogP contribution in [0.5, 0.6) is 11.5 Å². The Labute approximate surface area is 222 Å². The Bertz CT molecular complexity index is 2140. The number of carbonyl (C=O) groups excluding carboxylic acids is 2. The summed E-state index contributed by atoms with van der Waals surface area (Å²) in [6.07, 6.45) is 2.95. The number of nitrogens with zero attached hydrogens (tertiary/aromatic N) is 4. The smallest absolute Gasteiger partial charge is 0.246 e. The van der Waals surface area contributed by atoms with Crippen LogP contribution in [0.1, 0.15) is 32.1 Å². The number of carbonyl (C=O) groups is 2. The van der Waals surface area contributed by atoms with Gasteiger partial charge in [-0.15, -0.1) is 0 Å². The number of ketones is 2. The molecular weight excluding hydrogens is 512 g/mol. The number of aromatic hydroxyl groups is 2. The SMILES string of the molecule is O=C1C(O)=C(C2=C(O)C(=O)c3nc4ccc(O)cc4c4nccc2c34)c2ccnc3c2c1nc1ccc(O)cc13. The highest BCUT2D eigenvalue weighted by atomic mass is 16.3. The van der Waals surface area contributed by atoms with E-state index in [4.69, 9.17) is 0 Å². The highest BCUT2D eigenvalue weighted by molar-refractivity contribution is 6.36. The second-order valence-corrected chi connectivity index (χ2v) is 9.59. The lowest BCUT2D eigenvalue weighted by atomic mass is 9.79. The summed E-state index contributed by atoms with van der Waals surface area (Å²) in [4.78, 5) is 44.9. The molecule has 10 nitrogen and oxygen atoms in total. The molecule has 2 aliphatic rings. The summed E-state index contributed by atoms with van der Waals surface area (Å²) in [6, 6.07) is 12.1. The number of rotatable bonds is 1. The first-order chi connectivity index (χ1) is 19.3. The Balaban J connectivity index is 1.50. The second kappa shape index (κ2) is 7.35. The van der Waals surface area contributed by atoms with Crippen molar-refractivity contribution >= 4 is 66.3 Å². The van der Waals surface area contributed by atoms with Crippen LogP contribution >= 0.6 is 0 Å². The van der Waals surface area contributed by atoms with Gasteiger partial charge in [-0.2, -0.15) is 0 Å². The van der Waals surface area contributed by atoms with E-state index in [-0.39, 0.29) is 34.0 Å². The fourth-order valence-corrected chi connectivity index (χ4v) is 5.74. The van der Waals surface area contributed by atoms with E-state index in [0.29, 0.717) is 54.7 Å². The highest BCUT2D eigenvalue weighted by Gasteiger charge is 2.38. The molecule has 10 heteroatoms. The van der Waals surface area contributed by atoms with Crippen molar-refractivity contribution in [2.45, 2.75) is 0 Å². The van der Waals surface area contributed by atoms with Crippen LogP contribution in [0, 0.1) is 0 Å². The first-order valence-electron chi connectivity index (χ1n) is 12.1. The van der Waals surface area contributed by atoms with Crippen LogP contribution in [-0.4, -0.2) is 51.9 Å². The summed E-state index contributed by atoms with van der Waals surface area (Å²) in [5.41, 5.74) is 1.96. The third-order valence-electron chi connectivity index (χ3n) is 7.43. The second-order valence-electron chi connectivity index (χ2n) is 9.59. The number of hydrogen-bond donors (Lipinski definition) is 4. The minimum Gasteiger partial charge on any atom is -0.508 e. The lowest BCUT2D eigenvalue weighted by Crippen LogP contribution is -2.20. The van der Waals surface area contributed by atoms with Crippen molar-refractivity contribution in [3.8, 4) is 11.5 Å². The van der Waals surface area contributed by atoms with Crippen LogP contribution in [0.4, 0.5) is 0 Å². The van der Waals surface area contributed by atoms with Crippen molar-refractivity contribution in [3.05, 3.63) is 95.0 Å². The largest absolute Gasteiger partial charge is 0.508 e. The Morgan fingerprint density at radius 2 is 0.975 bits per heavy atom. The van der Waals surface area contributed by atoms with Crippen LogP contribution in [0.15, 0.2) is 72.4 Å². The maximum atomic E-state index is 13.6. The average Bonchev–Trinajstić information content (AvgIpc) is 2.96. The summed E-state index contributed by atoms with van der Waals surface area (Å²) in [6.45, 7) is 0. The van der Waals surface area contributed by atoms with E-state index in [1.807, 2.05) is 0 Å². The van der Waals surface area contributed by atoms with Crippen molar-refractivity contribution < 1.29 is 30.0 Å². The molecule has 4 N–H and O–H groups in total. The lowest BCUT2D eigenvalue weighted by Gasteiger charge is -2.25. The number of aliphatic hydroxyl groups excluding tert-OH is 2. The molecule has 2 aromatic carbocycles. The molecule has 2 aliphatic carbocycles. The van der Waals surface area contributed by atoms with Crippen molar-refractivity contribution in [1.82, 2.24) is 19.9 Å². The number of phenols is 2. The predicted octanol–water partition coefficient (Wildman–Crippen LogP) is 4.92.